The molecule has 2 aromatic rings. The van der Waals surface area contributed by atoms with E-state index in [1.54, 1.807) is 11.0 Å². The summed E-state index contributed by atoms with van der Waals surface area (Å²) in [6, 6.07) is 3.46. The number of nitrogens with zero attached hydrogens (tertiary/aromatic N) is 4. The van der Waals surface area contributed by atoms with Gasteiger partial charge in [-0.2, -0.15) is 0 Å². The van der Waals surface area contributed by atoms with Crippen molar-refractivity contribution >= 4 is 11.7 Å². The summed E-state index contributed by atoms with van der Waals surface area (Å²) in [6.07, 6.45) is 3.20. The van der Waals surface area contributed by atoms with Crippen LogP contribution in [-0.2, 0) is 5.54 Å². The molecule has 3 rings (SSSR count). The molecular formula is C15H19N5O2. The third kappa shape index (κ3) is 2.32. The Morgan fingerprint density at radius 1 is 1.45 bits per heavy atom. The Hall–Kier alpha value is -2.44. The molecule has 0 unspecified atom stereocenters. The van der Waals surface area contributed by atoms with Crippen molar-refractivity contribution in [1.82, 2.24) is 20.0 Å². The van der Waals surface area contributed by atoms with E-state index in [0.29, 0.717) is 12.4 Å². The van der Waals surface area contributed by atoms with Crippen molar-refractivity contribution in [3.8, 4) is 0 Å². The molecule has 1 fully saturated rings. The van der Waals surface area contributed by atoms with Crippen LogP contribution in [0.4, 0.5) is 5.82 Å². The van der Waals surface area contributed by atoms with Gasteiger partial charge in [0.15, 0.2) is 5.82 Å². The summed E-state index contributed by atoms with van der Waals surface area (Å²) < 4.78 is 5.01. The van der Waals surface area contributed by atoms with Gasteiger partial charge in [0.05, 0.1) is 6.20 Å². The van der Waals surface area contributed by atoms with Gasteiger partial charge in [0.25, 0.3) is 5.91 Å². The first-order chi connectivity index (χ1) is 10.5. The standard InChI is InChI=1S/C15H19N5O2/c1-10-9-12(16-3)19-14(18-10)15(2)6-4-8-20(15)13(21)11-5-7-17-22-11/h5,7,9H,4,6,8H2,1-3H3,(H,16,18,19)/t15-/m1/s1. The van der Waals surface area contributed by atoms with Crippen LogP contribution in [0.1, 0.15) is 41.8 Å². The number of carbonyl (C=O) groups excluding carboxylic acids is 1. The lowest BCUT2D eigenvalue weighted by Crippen LogP contribution is -2.44. The topological polar surface area (TPSA) is 84.2 Å². The lowest BCUT2D eigenvalue weighted by atomic mass is 9.97. The first-order valence-corrected chi connectivity index (χ1v) is 7.31. The number of likely N-dealkylation sites (tertiary alicyclic amines) is 1. The van der Waals surface area contributed by atoms with Crippen LogP contribution < -0.4 is 5.32 Å². The number of anilines is 1. The molecule has 0 spiro atoms. The van der Waals surface area contributed by atoms with E-state index in [0.717, 1.165) is 24.4 Å². The molecule has 1 aliphatic rings. The van der Waals surface area contributed by atoms with Crippen LogP contribution in [0.25, 0.3) is 0 Å². The van der Waals surface area contributed by atoms with E-state index in [1.807, 2.05) is 27.0 Å². The first kappa shape index (κ1) is 14.5. The molecule has 1 aliphatic heterocycles. The third-order valence-electron chi connectivity index (χ3n) is 4.13. The summed E-state index contributed by atoms with van der Waals surface area (Å²) in [5.74, 6) is 1.48. The lowest BCUT2D eigenvalue weighted by Gasteiger charge is -2.33. The summed E-state index contributed by atoms with van der Waals surface area (Å²) in [5.41, 5.74) is 0.330. The molecule has 116 valence electrons. The second kappa shape index (κ2) is 5.40. The second-order valence-electron chi connectivity index (χ2n) is 5.68. The van der Waals surface area contributed by atoms with Crippen LogP contribution in [0, 0.1) is 6.92 Å². The summed E-state index contributed by atoms with van der Waals surface area (Å²) in [6.45, 7) is 4.58. The zero-order chi connectivity index (χ0) is 15.7. The first-order valence-electron chi connectivity index (χ1n) is 7.31. The van der Waals surface area contributed by atoms with Gasteiger partial charge in [-0.1, -0.05) is 5.16 Å². The summed E-state index contributed by atoms with van der Waals surface area (Å²) in [4.78, 5) is 23.6. The van der Waals surface area contributed by atoms with Gasteiger partial charge in [-0.15, -0.1) is 0 Å². The minimum atomic E-state index is -0.540. The fraction of sp³-hybridized carbons (Fsp3) is 0.467. The minimum Gasteiger partial charge on any atom is -0.373 e. The number of carbonyl (C=O) groups is 1. The second-order valence-corrected chi connectivity index (χ2v) is 5.68. The van der Waals surface area contributed by atoms with Gasteiger partial charge in [0, 0.05) is 31.4 Å². The molecule has 2 aromatic heterocycles. The Morgan fingerprint density at radius 3 is 2.95 bits per heavy atom. The fourth-order valence-electron chi connectivity index (χ4n) is 2.92. The molecule has 0 saturated carbocycles. The van der Waals surface area contributed by atoms with Crippen molar-refractivity contribution in [3.63, 3.8) is 0 Å². The number of amides is 1. The normalized spacial score (nSPS) is 21.1. The fourth-order valence-corrected chi connectivity index (χ4v) is 2.92. The Bertz CT molecular complexity index is 685. The number of rotatable bonds is 3. The summed E-state index contributed by atoms with van der Waals surface area (Å²) in [7, 11) is 1.82. The number of nitrogens with one attached hydrogen (secondary N) is 1. The largest absolute Gasteiger partial charge is 0.373 e. The molecule has 0 aromatic carbocycles. The highest BCUT2D eigenvalue weighted by molar-refractivity contribution is 5.92. The SMILES string of the molecule is CNc1cc(C)nc([C@@]2(C)CCCN2C(=O)c2ccno2)n1. The van der Waals surface area contributed by atoms with E-state index in [4.69, 9.17) is 4.52 Å². The minimum absolute atomic E-state index is 0.173. The van der Waals surface area contributed by atoms with E-state index in [2.05, 4.69) is 20.4 Å². The van der Waals surface area contributed by atoms with E-state index >= 15 is 0 Å². The van der Waals surface area contributed by atoms with Gasteiger partial charge in [-0.3, -0.25) is 4.79 Å². The van der Waals surface area contributed by atoms with E-state index in [-0.39, 0.29) is 11.7 Å². The van der Waals surface area contributed by atoms with E-state index < -0.39 is 5.54 Å². The van der Waals surface area contributed by atoms with Gasteiger partial charge in [-0.05, 0) is 26.7 Å². The maximum atomic E-state index is 12.7. The van der Waals surface area contributed by atoms with Crippen LogP contribution in [0.3, 0.4) is 0 Å². The molecule has 0 aliphatic carbocycles. The monoisotopic (exact) mass is 301 g/mol. The zero-order valence-electron chi connectivity index (χ0n) is 13.0. The Labute approximate surface area is 128 Å². The zero-order valence-corrected chi connectivity index (χ0v) is 13.0. The van der Waals surface area contributed by atoms with Crippen molar-refractivity contribution in [1.29, 1.82) is 0 Å². The molecule has 7 heteroatoms. The maximum absolute atomic E-state index is 12.7. The van der Waals surface area contributed by atoms with Crippen LogP contribution >= 0.6 is 0 Å². The number of hydrogen-bond acceptors (Lipinski definition) is 6. The molecular weight excluding hydrogens is 282 g/mol. The molecule has 1 saturated heterocycles. The molecule has 22 heavy (non-hydrogen) atoms. The third-order valence-corrected chi connectivity index (χ3v) is 4.13. The number of aryl methyl sites for hydroxylation is 1. The molecule has 3 heterocycles. The van der Waals surface area contributed by atoms with Crippen molar-refractivity contribution < 1.29 is 9.32 Å². The average molecular weight is 301 g/mol. The molecule has 1 N–H and O–H groups in total. The Kier molecular flexibility index (Phi) is 3.56. The van der Waals surface area contributed by atoms with Crippen LogP contribution in [0.15, 0.2) is 22.9 Å². The smallest absolute Gasteiger partial charge is 0.293 e. The highest BCUT2D eigenvalue weighted by Crippen LogP contribution is 2.38. The highest BCUT2D eigenvalue weighted by atomic mass is 16.5. The molecule has 1 amide bonds. The Balaban J connectivity index is 2.00. The van der Waals surface area contributed by atoms with Crippen molar-refractivity contribution in [2.45, 2.75) is 32.2 Å². The Morgan fingerprint density at radius 2 is 2.27 bits per heavy atom. The van der Waals surface area contributed by atoms with E-state index in [9.17, 15) is 4.79 Å². The summed E-state index contributed by atoms with van der Waals surface area (Å²) >= 11 is 0. The van der Waals surface area contributed by atoms with Crippen molar-refractivity contribution in [3.05, 3.63) is 35.6 Å². The van der Waals surface area contributed by atoms with Crippen LogP contribution in [0.5, 0.6) is 0 Å². The predicted molar refractivity (Wildman–Crippen MR) is 80.4 cm³/mol. The van der Waals surface area contributed by atoms with Crippen LogP contribution in [0.2, 0.25) is 0 Å². The van der Waals surface area contributed by atoms with Gasteiger partial charge >= 0.3 is 0 Å². The van der Waals surface area contributed by atoms with Crippen molar-refractivity contribution in [2.75, 3.05) is 18.9 Å². The maximum Gasteiger partial charge on any atom is 0.293 e. The van der Waals surface area contributed by atoms with Crippen LogP contribution in [-0.4, -0.2) is 39.5 Å². The number of aromatic nitrogens is 3. The van der Waals surface area contributed by atoms with E-state index in [1.165, 1.54) is 6.20 Å². The molecule has 0 bridgehead atoms. The van der Waals surface area contributed by atoms with Crippen molar-refractivity contribution in [2.24, 2.45) is 0 Å². The number of hydrogen-bond donors (Lipinski definition) is 1. The molecule has 0 radical (unpaired) electrons. The van der Waals surface area contributed by atoms with Gasteiger partial charge < -0.3 is 14.7 Å². The highest BCUT2D eigenvalue weighted by Gasteiger charge is 2.44. The van der Waals surface area contributed by atoms with Gasteiger partial charge in [0.2, 0.25) is 5.76 Å². The van der Waals surface area contributed by atoms with Gasteiger partial charge in [0.1, 0.15) is 11.4 Å². The predicted octanol–water partition coefficient (Wildman–Crippen LogP) is 1.97. The summed E-state index contributed by atoms with van der Waals surface area (Å²) in [5, 5.41) is 6.65. The van der Waals surface area contributed by atoms with Gasteiger partial charge in [-0.25, -0.2) is 9.97 Å². The molecule has 1 atom stereocenters. The quantitative estimate of drug-likeness (QED) is 0.933. The average Bonchev–Trinajstić information content (AvgIpc) is 3.16. The molecule has 7 nitrogen and oxygen atoms in total. The lowest BCUT2D eigenvalue weighted by molar-refractivity contribution is 0.0561.